The lowest BCUT2D eigenvalue weighted by molar-refractivity contribution is -0.118. The molecule has 3 atom stereocenters. The van der Waals surface area contributed by atoms with Crippen LogP contribution >= 0.6 is 22.9 Å². The Bertz CT molecular complexity index is 1460. The Balaban J connectivity index is 1.57. The molecule has 1 fully saturated rings. The van der Waals surface area contributed by atoms with Gasteiger partial charge in [-0.25, -0.2) is 17.8 Å². The van der Waals surface area contributed by atoms with Crippen molar-refractivity contribution in [3.8, 4) is 0 Å². The number of anilines is 1. The minimum absolute atomic E-state index is 0.0363. The number of imidazole rings is 1. The Kier molecular flexibility index (Phi) is 8.26. The van der Waals surface area contributed by atoms with Gasteiger partial charge in [0.25, 0.3) is 5.91 Å². The molecule has 1 aliphatic heterocycles. The van der Waals surface area contributed by atoms with Gasteiger partial charge in [-0.05, 0) is 36.8 Å². The number of hydrogen-bond acceptors (Lipinski definition) is 7. The van der Waals surface area contributed by atoms with Crippen molar-refractivity contribution in [2.24, 2.45) is 7.05 Å². The molecule has 3 aromatic rings. The van der Waals surface area contributed by atoms with Gasteiger partial charge in [-0.15, -0.1) is 11.3 Å². The number of benzene rings is 1. The lowest BCUT2D eigenvalue weighted by atomic mass is 10.1. The van der Waals surface area contributed by atoms with Crippen molar-refractivity contribution >= 4 is 50.3 Å². The van der Waals surface area contributed by atoms with Crippen molar-refractivity contribution in [2.75, 3.05) is 31.3 Å². The number of nitrogens with one attached hydrogen (secondary N) is 1. The number of aryl methyl sites for hydroxylation is 1. The smallest absolute Gasteiger partial charge is 0.253 e. The van der Waals surface area contributed by atoms with Crippen molar-refractivity contribution in [2.45, 2.75) is 30.7 Å². The van der Waals surface area contributed by atoms with Gasteiger partial charge < -0.3 is 14.4 Å². The number of hydrogen-bond donors (Lipinski definition) is 1. The van der Waals surface area contributed by atoms with Crippen LogP contribution in [0.1, 0.15) is 45.7 Å². The van der Waals surface area contributed by atoms with E-state index in [2.05, 4.69) is 10.3 Å². The first-order chi connectivity index (χ1) is 17.9. The van der Waals surface area contributed by atoms with Crippen molar-refractivity contribution in [1.29, 1.82) is 0 Å². The van der Waals surface area contributed by atoms with E-state index in [4.69, 9.17) is 11.6 Å². The van der Waals surface area contributed by atoms with Crippen LogP contribution in [0.2, 0.25) is 4.34 Å². The summed E-state index contributed by atoms with van der Waals surface area (Å²) >= 11 is 7.36. The zero-order chi connectivity index (χ0) is 27.8. The second-order valence-electron chi connectivity index (χ2n) is 9.51. The Hall–Kier alpha value is -2.80. The van der Waals surface area contributed by atoms with Gasteiger partial charge in [-0.3, -0.25) is 14.9 Å². The molecule has 1 N–H and O–H groups in total. The van der Waals surface area contributed by atoms with E-state index in [9.17, 15) is 22.4 Å². The third-order valence-corrected chi connectivity index (χ3v) is 9.96. The summed E-state index contributed by atoms with van der Waals surface area (Å²) in [6.45, 7) is 2.00. The van der Waals surface area contributed by atoms with Gasteiger partial charge in [0.05, 0.1) is 21.8 Å². The SMILES string of the molecule is C[C@@H](CS(=O)(=O)[C@H](N[C@H]1CCN(c2ccc(C(=O)N(C)C)cc2F)C1=O)c1nccn1C)c1ccc(Cl)s1. The Morgan fingerprint density at radius 3 is 2.63 bits per heavy atom. The highest BCUT2D eigenvalue weighted by atomic mass is 35.5. The predicted molar refractivity (Wildman–Crippen MR) is 146 cm³/mol. The lowest BCUT2D eigenvalue weighted by Gasteiger charge is -2.24. The maximum atomic E-state index is 15.0. The first kappa shape index (κ1) is 28.2. The van der Waals surface area contributed by atoms with E-state index in [1.54, 1.807) is 44.0 Å². The van der Waals surface area contributed by atoms with E-state index in [0.29, 0.717) is 4.34 Å². The van der Waals surface area contributed by atoms with E-state index in [0.717, 1.165) is 10.9 Å². The highest BCUT2D eigenvalue weighted by Gasteiger charge is 2.40. The summed E-state index contributed by atoms with van der Waals surface area (Å²) in [5.74, 6) is -1.77. The average molecular weight is 582 g/mol. The fourth-order valence-electron chi connectivity index (χ4n) is 4.46. The summed E-state index contributed by atoms with van der Waals surface area (Å²) < 4.78 is 44.5. The van der Waals surface area contributed by atoms with Crippen molar-refractivity contribution < 1.29 is 22.4 Å². The average Bonchev–Trinajstić information content (AvgIpc) is 3.57. The van der Waals surface area contributed by atoms with E-state index in [-0.39, 0.29) is 47.6 Å². The summed E-state index contributed by atoms with van der Waals surface area (Å²) in [4.78, 5) is 33.2. The molecule has 0 saturated carbocycles. The number of thiophene rings is 1. The monoisotopic (exact) mass is 581 g/mol. The maximum Gasteiger partial charge on any atom is 0.253 e. The zero-order valence-electron chi connectivity index (χ0n) is 21.4. The van der Waals surface area contributed by atoms with Gasteiger partial charge in [-0.2, -0.15) is 0 Å². The molecule has 0 aliphatic carbocycles. The lowest BCUT2D eigenvalue weighted by Crippen LogP contribution is -2.44. The van der Waals surface area contributed by atoms with E-state index in [1.165, 1.54) is 39.5 Å². The standard InChI is InChI=1S/C25H29ClFN5O4S2/c1-15(20-7-8-21(26)37-20)14-38(35,36)23(22-28-10-12-31(22)4)29-18-9-11-32(25(18)34)19-6-5-16(13-17(19)27)24(33)30(2)3/h5-8,10,12-13,15,18,23,29H,9,11,14H2,1-4H3/t15-,18-,23-/m0/s1. The minimum atomic E-state index is -3.85. The van der Waals surface area contributed by atoms with Crippen LogP contribution in [0.15, 0.2) is 42.7 Å². The molecule has 13 heteroatoms. The van der Waals surface area contributed by atoms with Crippen molar-refractivity contribution in [1.82, 2.24) is 19.8 Å². The number of aromatic nitrogens is 2. The third-order valence-electron chi connectivity index (χ3n) is 6.46. The Labute approximate surface area is 230 Å². The van der Waals surface area contributed by atoms with Crippen LogP contribution in [0.25, 0.3) is 0 Å². The van der Waals surface area contributed by atoms with Crippen LogP contribution in [-0.2, 0) is 21.7 Å². The van der Waals surface area contributed by atoms with E-state index >= 15 is 0 Å². The second kappa shape index (κ2) is 11.1. The molecule has 0 spiro atoms. The van der Waals surface area contributed by atoms with Gasteiger partial charge in [0.1, 0.15) is 11.6 Å². The number of rotatable bonds is 9. The molecule has 9 nitrogen and oxygen atoms in total. The summed E-state index contributed by atoms with van der Waals surface area (Å²) in [5, 5.41) is 1.76. The molecule has 2 amide bonds. The number of amides is 2. The molecule has 0 bridgehead atoms. The Morgan fingerprint density at radius 1 is 1.32 bits per heavy atom. The van der Waals surface area contributed by atoms with Crippen LogP contribution in [0.4, 0.5) is 10.1 Å². The summed E-state index contributed by atoms with van der Waals surface area (Å²) in [6.07, 6.45) is 3.40. The summed E-state index contributed by atoms with van der Waals surface area (Å²) in [7, 11) is 0.969. The van der Waals surface area contributed by atoms with Gasteiger partial charge in [0.15, 0.2) is 15.2 Å². The first-order valence-electron chi connectivity index (χ1n) is 11.9. The molecule has 2 aromatic heterocycles. The Morgan fingerprint density at radius 2 is 2.05 bits per heavy atom. The minimum Gasteiger partial charge on any atom is -0.345 e. The van der Waals surface area contributed by atoms with Crippen molar-refractivity contribution in [3.05, 3.63) is 69.1 Å². The molecule has 3 heterocycles. The van der Waals surface area contributed by atoms with Gasteiger partial charge in [0.2, 0.25) is 5.91 Å². The van der Waals surface area contributed by atoms with Crippen LogP contribution in [0.5, 0.6) is 0 Å². The normalized spacial score (nSPS) is 17.6. The fraction of sp³-hybridized carbons (Fsp3) is 0.400. The summed E-state index contributed by atoms with van der Waals surface area (Å²) in [6, 6.07) is 6.63. The molecule has 204 valence electrons. The molecular formula is C25H29ClFN5O4S2. The summed E-state index contributed by atoms with van der Waals surface area (Å²) in [5.41, 5.74) is 0.203. The molecule has 4 rings (SSSR count). The number of nitrogens with zero attached hydrogens (tertiary/aromatic N) is 4. The van der Waals surface area contributed by atoms with Crippen LogP contribution < -0.4 is 10.2 Å². The molecular weight excluding hydrogens is 553 g/mol. The highest BCUT2D eigenvalue weighted by molar-refractivity contribution is 7.91. The number of sulfone groups is 1. The van der Waals surface area contributed by atoms with Crippen LogP contribution in [0.3, 0.4) is 0 Å². The molecule has 1 aliphatic rings. The molecule has 0 radical (unpaired) electrons. The van der Waals surface area contributed by atoms with E-state index in [1.807, 2.05) is 6.92 Å². The fourth-order valence-corrected chi connectivity index (χ4v) is 7.67. The predicted octanol–water partition coefficient (Wildman–Crippen LogP) is 3.59. The molecule has 0 unspecified atom stereocenters. The van der Waals surface area contributed by atoms with Crippen LogP contribution in [0, 0.1) is 5.82 Å². The first-order valence-corrected chi connectivity index (χ1v) is 14.8. The van der Waals surface area contributed by atoms with Gasteiger partial charge in [0, 0.05) is 56.4 Å². The topological polar surface area (TPSA) is 105 Å². The molecule has 1 aromatic carbocycles. The maximum absolute atomic E-state index is 15.0. The second-order valence-corrected chi connectivity index (χ2v) is 13.4. The quantitative estimate of drug-likeness (QED) is 0.414. The van der Waals surface area contributed by atoms with E-state index < -0.39 is 33.0 Å². The van der Waals surface area contributed by atoms with Gasteiger partial charge >= 0.3 is 0 Å². The molecule has 38 heavy (non-hydrogen) atoms. The zero-order valence-corrected chi connectivity index (χ0v) is 23.8. The number of halogens is 2. The largest absolute Gasteiger partial charge is 0.345 e. The van der Waals surface area contributed by atoms with Gasteiger partial charge in [-0.1, -0.05) is 18.5 Å². The van der Waals surface area contributed by atoms with Crippen LogP contribution in [-0.4, -0.2) is 67.1 Å². The third kappa shape index (κ3) is 5.78. The number of carbonyl (C=O) groups excluding carboxylic acids is 2. The van der Waals surface area contributed by atoms with Crippen molar-refractivity contribution in [3.63, 3.8) is 0 Å². The molecule has 1 saturated heterocycles. The highest BCUT2D eigenvalue weighted by Crippen LogP contribution is 2.33. The number of carbonyl (C=O) groups is 2.